The molecule has 1 aromatic carbocycles. The minimum Gasteiger partial charge on any atom is -0.428 e. The van der Waals surface area contributed by atoms with E-state index in [0.29, 0.717) is 18.5 Å². The fourth-order valence-corrected chi connectivity index (χ4v) is 1.19. The van der Waals surface area contributed by atoms with E-state index >= 15 is 0 Å². The van der Waals surface area contributed by atoms with Crippen LogP contribution in [0.1, 0.15) is 12.0 Å². The Labute approximate surface area is 108 Å². The SMILES string of the molecule is CNCCC#Cc1cccc(OC(F)(F)C(F)F)c1. The number of benzene rings is 1. The molecule has 0 bridgehead atoms. The molecule has 0 unspecified atom stereocenters. The maximum atomic E-state index is 12.7. The molecule has 0 radical (unpaired) electrons. The maximum Gasteiger partial charge on any atom is 0.461 e. The van der Waals surface area contributed by atoms with E-state index in [4.69, 9.17) is 0 Å². The number of hydrogen-bond acceptors (Lipinski definition) is 2. The van der Waals surface area contributed by atoms with Gasteiger partial charge in [0.25, 0.3) is 0 Å². The van der Waals surface area contributed by atoms with Crippen molar-refractivity contribution in [2.75, 3.05) is 13.6 Å². The minimum atomic E-state index is -4.50. The fourth-order valence-electron chi connectivity index (χ4n) is 1.19. The first-order valence-corrected chi connectivity index (χ1v) is 5.54. The van der Waals surface area contributed by atoms with Gasteiger partial charge in [0.1, 0.15) is 5.75 Å². The van der Waals surface area contributed by atoms with E-state index in [0.717, 1.165) is 0 Å². The monoisotopic (exact) mass is 275 g/mol. The molecular weight excluding hydrogens is 262 g/mol. The van der Waals surface area contributed by atoms with Gasteiger partial charge in [-0.15, -0.1) is 0 Å². The predicted molar refractivity (Wildman–Crippen MR) is 63.4 cm³/mol. The topological polar surface area (TPSA) is 21.3 Å². The molecule has 0 amide bonds. The van der Waals surface area contributed by atoms with Crippen molar-refractivity contribution in [3.05, 3.63) is 29.8 Å². The van der Waals surface area contributed by atoms with Crippen LogP contribution in [0.25, 0.3) is 0 Å². The number of nitrogens with one attached hydrogen (secondary N) is 1. The van der Waals surface area contributed by atoms with Crippen LogP contribution >= 0.6 is 0 Å². The van der Waals surface area contributed by atoms with Crippen molar-refractivity contribution >= 4 is 0 Å². The molecule has 0 saturated heterocycles. The molecule has 0 spiro atoms. The summed E-state index contributed by atoms with van der Waals surface area (Å²) < 4.78 is 53.3. The van der Waals surface area contributed by atoms with Crippen LogP contribution in [0.3, 0.4) is 0 Å². The van der Waals surface area contributed by atoms with E-state index in [-0.39, 0.29) is 5.75 Å². The van der Waals surface area contributed by atoms with Crippen molar-refractivity contribution in [3.8, 4) is 17.6 Å². The van der Waals surface area contributed by atoms with Crippen LogP contribution in [-0.4, -0.2) is 26.1 Å². The van der Waals surface area contributed by atoms with Crippen molar-refractivity contribution in [2.24, 2.45) is 0 Å². The Morgan fingerprint density at radius 2 is 2.11 bits per heavy atom. The summed E-state index contributed by atoms with van der Waals surface area (Å²) >= 11 is 0. The second kappa shape index (κ2) is 7.00. The summed E-state index contributed by atoms with van der Waals surface area (Å²) in [4.78, 5) is 0. The van der Waals surface area contributed by atoms with Crippen LogP contribution < -0.4 is 10.1 Å². The van der Waals surface area contributed by atoms with Gasteiger partial charge in [-0.05, 0) is 25.2 Å². The lowest BCUT2D eigenvalue weighted by Crippen LogP contribution is -2.33. The van der Waals surface area contributed by atoms with Gasteiger partial charge in [0.2, 0.25) is 0 Å². The highest BCUT2D eigenvalue weighted by Crippen LogP contribution is 2.27. The lowest BCUT2D eigenvalue weighted by Gasteiger charge is -2.16. The standard InChI is InChI=1S/C13H13F4NO/c1-18-8-3-2-5-10-6-4-7-11(9-10)19-13(16,17)12(14)15/h4,6-7,9,12,18H,3,8H2,1H3. The van der Waals surface area contributed by atoms with Gasteiger partial charge in [0.15, 0.2) is 0 Å². The summed E-state index contributed by atoms with van der Waals surface area (Å²) in [5.74, 6) is 5.20. The highest BCUT2D eigenvalue weighted by Gasteiger charge is 2.43. The molecule has 0 heterocycles. The second-order valence-corrected chi connectivity index (χ2v) is 3.65. The van der Waals surface area contributed by atoms with Crippen molar-refractivity contribution in [1.29, 1.82) is 0 Å². The van der Waals surface area contributed by atoms with Crippen LogP contribution in [0.5, 0.6) is 5.75 Å². The molecule has 0 saturated carbocycles. The van der Waals surface area contributed by atoms with Crippen molar-refractivity contribution in [1.82, 2.24) is 5.32 Å². The van der Waals surface area contributed by atoms with Gasteiger partial charge >= 0.3 is 12.5 Å². The summed E-state index contributed by atoms with van der Waals surface area (Å²) in [5, 5.41) is 2.90. The molecule has 1 rings (SSSR count). The molecule has 0 aliphatic carbocycles. The molecule has 19 heavy (non-hydrogen) atoms. The van der Waals surface area contributed by atoms with E-state index in [1.54, 1.807) is 13.1 Å². The van der Waals surface area contributed by atoms with Crippen LogP contribution in [0, 0.1) is 11.8 Å². The van der Waals surface area contributed by atoms with Gasteiger partial charge in [0, 0.05) is 18.5 Å². The zero-order valence-electron chi connectivity index (χ0n) is 10.2. The Hall–Kier alpha value is -1.74. The second-order valence-electron chi connectivity index (χ2n) is 3.65. The molecule has 1 N–H and O–H groups in total. The number of halogens is 4. The van der Waals surface area contributed by atoms with E-state index in [1.165, 1.54) is 18.2 Å². The van der Waals surface area contributed by atoms with Gasteiger partial charge in [-0.25, -0.2) is 0 Å². The molecule has 6 heteroatoms. The minimum absolute atomic E-state index is 0.342. The van der Waals surface area contributed by atoms with E-state index < -0.39 is 12.5 Å². The highest BCUT2D eigenvalue weighted by molar-refractivity contribution is 5.39. The molecule has 0 atom stereocenters. The Bertz CT molecular complexity index is 465. The lowest BCUT2D eigenvalue weighted by atomic mass is 10.2. The average molecular weight is 275 g/mol. The Morgan fingerprint density at radius 3 is 2.74 bits per heavy atom. The molecule has 104 valence electrons. The normalized spacial score (nSPS) is 11.1. The van der Waals surface area contributed by atoms with Crippen LogP contribution in [0.4, 0.5) is 17.6 Å². The zero-order valence-corrected chi connectivity index (χ0v) is 10.2. The van der Waals surface area contributed by atoms with Crippen molar-refractivity contribution in [2.45, 2.75) is 19.0 Å². The number of rotatable bonds is 5. The summed E-state index contributed by atoms with van der Waals surface area (Å²) in [6.45, 7) is 0.701. The molecule has 2 nitrogen and oxygen atoms in total. The third-order valence-corrected chi connectivity index (χ3v) is 2.07. The third-order valence-electron chi connectivity index (χ3n) is 2.07. The molecule has 0 aliphatic rings. The lowest BCUT2D eigenvalue weighted by molar-refractivity contribution is -0.253. The quantitative estimate of drug-likeness (QED) is 0.507. The summed E-state index contributed by atoms with van der Waals surface area (Å²) in [7, 11) is 1.78. The number of hydrogen-bond donors (Lipinski definition) is 1. The molecule has 0 fully saturated rings. The Kier molecular flexibility index (Phi) is 5.64. The predicted octanol–water partition coefficient (Wildman–Crippen LogP) is 2.88. The zero-order chi connectivity index (χ0) is 14.3. The Morgan fingerprint density at radius 1 is 1.37 bits per heavy atom. The van der Waals surface area contributed by atoms with Gasteiger partial charge in [0.05, 0.1) is 0 Å². The van der Waals surface area contributed by atoms with Gasteiger partial charge < -0.3 is 10.1 Å². The van der Waals surface area contributed by atoms with Crippen molar-refractivity contribution in [3.63, 3.8) is 0 Å². The van der Waals surface area contributed by atoms with Gasteiger partial charge in [-0.1, -0.05) is 17.9 Å². The van der Waals surface area contributed by atoms with Crippen LogP contribution in [-0.2, 0) is 0 Å². The first-order chi connectivity index (χ1) is 8.95. The third kappa shape index (κ3) is 5.18. The average Bonchev–Trinajstić information content (AvgIpc) is 2.34. The van der Waals surface area contributed by atoms with Crippen molar-refractivity contribution < 1.29 is 22.3 Å². The van der Waals surface area contributed by atoms with Crippen LogP contribution in [0.2, 0.25) is 0 Å². The largest absolute Gasteiger partial charge is 0.461 e. The summed E-state index contributed by atoms with van der Waals surface area (Å²) in [6.07, 6.45) is -7.79. The van der Waals surface area contributed by atoms with E-state index in [2.05, 4.69) is 21.9 Å². The maximum absolute atomic E-state index is 12.7. The Balaban J connectivity index is 2.74. The molecule has 0 aliphatic heterocycles. The smallest absolute Gasteiger partial charge is 0.428 e. The van der Waals surface area contributed by atoms with Gasteiger partial charge in [-0.3, -0.25) is 0 Å². The molecular formula is C13H13F4NO. The number of ether oxygens (including phenoxy) is 1. The first-order valence-electron chi connectivity index (χ1n) is 5.54. The number of alkyl halides is 4. The summed E-state index contributed by atoms with van der Waals surface area (Å²) in [6, 6.07) is 5.37. The highest BCUT2D eigenvalue weighted by atomic mass is 19.3. The van der Waals surface area contributed by atoms with E-state index in [9.17, 15) is 17.6 Å². The van der Waals surface area contributed by atoms with Gasteiger partial charge in [-0.2, -0.15) is 17.6 Å². The molecule has 0 aromatic heterocycles. The van der Waals surface area contributed by atoms with E-state index in [1.807, 2.05) is 0 Å². The molecule has 1 aromatic rings. The fraction of sp³-hybridized carbons (Fsp3) is 0.385. The van der Waals surface area contributed by atoms with Crippen LogP contribution in [0.15, 0.2) is 24.3 Å². The summed E-state index contributed by atoms with van der Waals surface area (Å²) in [5.41, 5.74) is 0.429. The first kappa shape index (κ1) is 15.3.